The average Bonchev–Trinajstić information content (AvgIpc) is 2.66. The second-order valence-corrected chi connectivity index (χ2v) is 6.12. The molecule has 1 amide bonds. The molecule has 0 saturated heterocycles. The fraction of sp³-hybridized carbons (Fsp3) is 0.286. The number of ether oxygens (including phenoxy) is 2. The fourth-order valence-corrected chi connectivity index (χ4v) is 2.21. The molecule has 0 aliphatic heterocycles. The van der Waals surface area contributed by atoms with Gasteiger partial charge in [0.05, 0.1) is 6.42 Å². The number of hydrogen-bond donors (Lipinski definition) is 1. The maximum absolute atomic E-state index is 12.1. The van der Waals surface area contributed by atoms with E-state index >= 15 is 0 Å². The minimum absolute atomic E-state index is 0.0274. The first-order valence-corrected chi connectivity index (χ1v) is 8.70. The maximum Gasteiger partial charge on any atom is 0.307 e. The van der Waals surface area contributed by atoms with Crippen molar-refractivity contribution in [1.82, 2.24) is 0 Å². The maximum atomic E-state index is 12.1. The summed E-state index contributed by atoms with van der Waals surface area (Å²) >= 11 is 0. The van der Waals surface area contributed by atoms with Gasteiger partial charge in [0.2, 0.25) is 0 Å². The molecule has 0 aliphatic rings. The van der Waals surface area contributed by atoms with Crippen LogP contribution in [-0.4, -0.2) is 23.8 Å². The van der Waals surface area contributed by atoms with Gasteiger partial charge < -0.3 is 19.6 Å². The van der Waals surface area contributed by atoms with E-state index < -0.39 is 18.0 Å². The van der Waals surface area contributed by atoms with Gasteiger partial charge in [0, 0.05) is 12.1 Å². The van der Waals surface area contributed by atoms with E-state index in [1.807, 2.05) is 30.3 Å². The Morgan fingerprint density at radius 2 is 1.63 bits per heavy atom. The Labute approximate surface area is 158 Å². The Kier molecular flexibility index (Phi) is 7.55. The molecule has 0 saturated carbocycles. The third-order valence-corrected chi connectivity index (χ3v) is 3.73. The van der Waals surface area contributed by atoms with E-state index in [0.29, 0.717) is 18.0 Å². The molecular formula is C21H23NO5. The van der Waals surface area contributed by atoms with Crippen LogP contribution in [0.25, 0.3) is 0 Å². The van der Waals surface area contributed by atoms with Crippen LogP contribution in [0, 0.1) is 0 Å². The molecule has 6 heteroatoms. The van der Waals surface area contributed by atoms with Gasteiger partial charge in [-0.2, -0.15) is 0 Å². The highest BCUT2D eigenvalue weighted by Gasteiger charge is 2.18. The van der Waals surface area contributed by atoms with Gasteiger partial charge in [-0.1, -0.05) is 30.3 Å². The molecule has 142 valence electrons. The van der Waals surface area contributed by atoms with E-state index in [4.69, 9.17) is 9.47 Å². The molecule has 0 bridgehead atoms. The molecule has 0 spiro atoms. The second kappa shape index (κ2) is 10.1. The van der Waals surface area contributed by atoms with Crippen LogP contribution in [0.2, 0.25) is 0 Å². The third kappa shape index (κ3) is 7.32. The van der Waals surface area contributed by atoms with Gasteiger partial charge in [0.15, 0.2) is 6.10 Å². The van der Waals surface area contributed by atoms with Crippen molar-refractivity contribution in [1.29, 1.82) is 0 Å². The highest BCUT2D eigenvalue weighted by atomic mass is 16.5. The molecule has 0 heterocycles. The number of ketones is 1. The number of nitrogens with one attached hydrogen (secondary N) is 1. The van der Waals surface area contributed by atoms with Crippen LogP contribution in [0.3, 0.4) is 0 Å². The van der Waals surface area contributed by atoms with Gasteiger partial charge in [0.1, 0.15) is 18.1 Å². The number of amides is 1. The van der Waals surface area contributed by atoms with Crippen LogP contribution in [-0.2, 0) is 25.7 Å². The monoisotopic (exact) mass is 369 g/mol. The Morgan fingerprint density at radius 3 is 2.26 bits per heavy atom. The van der Waals surface area contributed by atoms with Gasteiger partial charge in [-0.25, -0.2) is 0 Å². The van der Waals surface area contributed by atoms with Crippen molar-refractivity contribution < 1.29 is 23.9 Å². The zero-order valence-electron chi connectivity index (χ0n) is 15.4. The molecule has 27 heavy (non-hydrogen) atoms. The quantitative estimate of drug-likeness (QED) is 0.684. The van der Waals surface area contributed by atoms with Gasteiger partial charge in [0.25, 0.3) is 5.91 Å². The highest BCUT2D eigenvalue weighted by Crippen LogP contribution is 2.17. The summed E-state index contributed by atoms with van der Waals surface area (Å²) in [6.07, 6.45) is -0.864. The minimum atomic E-state index is -0.946. The number of benzene rings is 2. The minimum Gasteiger partial charge on any atom is -0.489 e. The molecule has 0 radical (unpaired) electrons. The first kappa shape index (κ1) is 20.2. The van der Waals surface area contributed by atoms with Crippen LogP contribution in [0.5, 0.6) is 5.75 Å². The molecule has 6 nitrogen and oxygen atoms in total. The fourth-order valence-electron chi connectivity index (χ4n) is 2.21. The number of Topliss-reactive ketones (excluding diaryl/α,β-unsaturated/α-hetero) is 1. The Bertz CT molecular complexity index is 771. The van der Waals surface area contributed by atoms with E-state index in [2.05, 4.69) is 5.32 Å². The number of rotatable bonds is 9. The number of anilines is 1. The van der Waals surface area contributed by atoms with E-state index in [1.54, 1.807) is 24.3 Å². The molecule has 2 aromatic rings. The first-order chi connectivity index (χ1) is 12.9. The smallest absolute Gasteiger partial charge is 0.307 e. The largest absolute Gasteiger partial charge is 0.489 e. The summed E-state index contributed by atoms with van der Waals surface area (Å²) in [7, 11) is 0. The summed E-state index contributed by atoms with van der Waals surface area (Å²) in [5.74, 6) is -0.430. The van der Waals surface area contributed by atoms with Crippen LogP contribution in [0.4, 0.5) is 5.69 Å². The summed E-state index contributed by atoms with van der Waals surface area (Å²) in [6.45, 7) is 3.34. The van der Waals surface area contributed by atoms with Crippen LogP contribution < -0.4 is 10.1 Å². The zero-order chi connectivity index (χ0) is 19.6. The normalized spacial score (nSPS) is 11.3. The van der Waals surface area contributed by atoms with Gasteiger partial charge in [-0.05, 0) is 43.7 Å². The van der Waals surface area contributed by atoms with Crippen molar-refractivity contribution >= 4 is 23.3 Å². The van der Waals surface area contributed by atoms with E-state index in [-0.39, 0.29) is 18.6 Å². The average molecular weight is 369 g/mol. The predicted octanol–water partition coefficient (Wildman–Crippen LogP) is 3.51. The molecule has 0 aromatic heterocycles. The predicted molar refractivity (Wildman–Crippen MR) is 101 cm³/mol. The van der Waals surface area contributed by atoms with Gasteiger partial charge in [-0.15, -0.1) is 0 Å². The SMILES string of the molecule is CC(=O)CCC(=O)O[C@H](C)C(=O)Nc1ccc(OCc2ccccc2)cc1. The molecular weight excluding hydrogens is 346 g/mol. The number of carbonyl (C=O) groups is 3. The third-order valence-electron chi connectivity index (χ3n) is 3.73. The first-order valence-electron chi connectivity index (χ1n) is 8.70. The molecule has 2 aromatic carbocycles. The number of carbonyl (C=O) groups excluding carboxylic acids is 3. The summed E-state index contributed by atoms with van der Waals surface area (Å²) < 4.78 is 10.7. The van der Waals surface area contributed by atoms with Crippen molar-refractivity contribution in [3.05, 3.63) is 60.2 Å². The molecule has 2 rings (SSSR count). The lowest BCUT2D eigenvalue weighted by molar-refractivity contribution is -0.153. The lowest BCUT2D eigenvalue weighted by Gasteiger charge is -2.14. The molecule has 0 fully saturated rings. The number of hydrogen-bond acceptors (Lipinski definition) is 5. The highest BCUT2D eigenvalue weighted by molar-refractivity contribution is 5.95. The zero-order valence-corrected chi connectivity index (χ0v) is 15.4. The number of esters is 1. The van der Waals surface area contributed by atoms with Crippen LogP contribution >= 0.6 is 0 Å². The summed E-state index contributed by atoms with van der Waals surface area (Å²) in [4.78, 5) is 34.5. The van der Waals surface area contributed by atoms with Crippen molar-refractivity contribution in [2.75, 3.05) is 5.32 Å². The van der Waals surface area contributed by atoms with Crippen molar-refractivity contribution in [3.63, 3.8) is 0 Å². The summed E-state index contributed by atoms with van der Waals surface area (Å²) in [5.41, 5.74) is 1.63. The van der Waals surface area contributed by atoms with Crippen LogP contribution in [0.15, 0.2) is 54.6 Å². The van der Waals surface area contributed by atoms with E-state index in [9.17, 15) is 14.4 Å². The topological polar surface area (TPSA) is 81.7 Å². The molecule has 1 atom stereocenters. The van der Waals surface area contributed by atoms with Gasteiger partial charge >= 0.3 is 5.97 Å². The van der Waals surface area contributed by atoms with Crippen molar-refractivity contribution in [2.45, 2.75) is 39.4 Å². The Hall–Kier alpha value is -3.15. The van der Waals surface area contributed by atoms with Crippen molar-refractivity contribution in [2.24, 2.45) is 0 Å². The van der Waals surface area contributed by atoms with Crippen LogP contribution in [0.1, 0.15) is 32.3 Å². The standard InChI is InChI=1S/C21H23NO5/c1-15(23)8-13-20(24)27-16(2)21(25)22-18-9-11-19(12-10-18)26-14-17-6-4-3-5-7-17/h3-7,9-12,16H,8,13-14H2,1-2H3,(H,22,25)/t16-/m1/s1. The van der Waals surface area contributed by atoms with Crippen molar-refractivity contribution in [3.8, 4) is 5.75 Å². The van der Waals surface area contributed by atoms with E-state index in [1.165, 1.54) is 13.8 Å². The molecule has 0 aliphatic carbocycles. The Morgan fingerprint density at radius 1 is 0.963 bits per heavy atom. The molecule has 0 unspecified atom stereocenters. The second-order valence-electron chi connectivity index (χ2n) is 6.12. The molecule has 1 N–H and O–H groups in total. The lowest BCUT2D eigenvalue weighted by Crippen LogP contribution is -2.30. The Balaban J connectivity index is 1.79. The summed E-state index contributed by atoms with van der Waals surface area (Å²) in [5, 5.41) is 2.67. The van der Waals surface area contributed by atoms with Gasteiger partial charge in [-0.3, -0.25) is 9.59 Å². The summed E-state index contributed by atoms with van der Waals surface area (Å²) in [6, 6.07) is 16.7. The van der Waals surface area contributed by atoms with E-state index in [0.717, 1.165) is 5.56 Å². The lowest BCUT2D eigenvalue weighted by atomic mass is 10.2.